The molecule has 20 heavy (non-hydrogen) atoms. The minimum absolute atomic E-state index is 0.0392. The Kier molecular flexibility index (Phi) is 7.82. The van der Waals surface area contributed by atoms with Crippen molar-refractivity contribution in [2.24, 2.45) is 0 Å². The van der Waals surface area contributed by atoms with Gasteiger partial charge >= 0.3 is 0 Å². The van der Waals surface area contributed by atoms with Crippen LogP contribution in [0.4, 0.5) is 0 Å². The minimum Gasteiger partial charge on any atom is -0.489 e. The van der Waals surface area contributed by atoms with E-state index in [1.807, 2.05) is 6.92 Å². The molecule has 0 fully saturated rings. The van der Waals surface area contributed by atoms with Crippen LogP contribution in [0.15, 0.2) is 12.1 Å². The van der Waals surface area contributed by atoms with Crippen LogP contribution >= 0.6 is 46.4 Å². The van der Waals surface area contributed by atoms with Crippen molar-refractivity contribution in [3.63, 3.8) is 0 Å². The molecule has 112 valence electrons. The Labute approximate surface area is 138 Å². The molecule has 1 aromatic carbocycles. The molecule has 0 aromatic heterocycles. The number of ether oxygens (including phenoxy) is 1. The van der Waals surface area contributed by atoms with Crippen LogP contribution in [0.2, 0.25) is 15.1 Å². The summed E-state index contributed by atoms with van der Waals surface area (Å²) in [6, 6.07) is 3.11. The molecule has 0 aliphatic rings. The van der Waals surface area contributed by atoms with Gasteiger partial charge in [-0.15, -0.1) is 11.6 Å². The molecule has 7 heteroatoms. The van der Waals surface area contributed by atoms with E-state index in [4.69, 9.17) is 51.1 Å². The van der Waals surface area contributed by atoms with E-state index in [1.165, 1.54) is 0 Å². The van der Waals surface area contributed by atoms with Crippen LogP contribution in [-0.2, 0) is 4.79 Å². The van der Waals surface area contributed by atoms with Gasteiger partial charge in [-0.1, -0.05) is 41.7 Å². The molecule has 0 atom stereocenters. The smallest absolute Gasteiger partial charge is 0.237 e. The van der Waals surface area contributed by atoms with E-state index in [9.17, 15) is 4.79 Å². The second kappa shape index (κ2) is 8.83. The monoisotopic (exact) mass is 357 g/mol. The molecule has 1 amide bonds. The van der Waals surface area contributed by atoms with Gasteiger partial charge in [-0.3, -0.25) is 4.79 Å². The molecule has 1 rings (SSSR count). The van der Waals surface area contributed by atoms with Crippen LogP contribution in [0.3, 0.4) is 0 Å². The Morgan fingerprint density at radius 2 is 1.80 bits per heavy atom. The Bertz CT molecular complexity index is 445. The highest BCUT2D eigenvalue weighted by atomic mass is 35.5. The summed E-state index contributed by atoms with van der Waals surface area (Å²) in [4.78, 5) is 13.2. The number of alkyl halides is 1. The molecule has 0 heterocycles. The Morgan fingerprint density at radius 1 is 1.20 bits per heavy atom. The number of halogens is 4. The zero-order valence-electron chi connectivity index (χ0n) is 11.0. The van der Waals surface area contributed by atoms with Gasteiger partial charge in [-0.25, -0.2) is 0 Å². The van der Waals surface area contributed by atoms with E-state index in [2.05, 4.69) is 0 Å². The molecule has 0 spiro atoms. The SMILES string of the molecule is CCCN(CCOc1c(Cl)cc(Cl)cc1Cl)C(=O)CCl. The predicted octanol–water partition coefficient (Wildman–Crippen LogP) is 4.50. The van der Waals surface area contributed by atoms with Crippen molar-refractivity contribution in [1.29, 1.82) is 0 Å². The zero-order chi connectivity index (χ0) is 15.1. The van der Waals surface area contributed by atoms with E-state index >= 15 is 0 Å². The van der Waals surface area contributed by atoms with Gasteiger partial charge in [0, 0.05) is 11.6 Å². The second-order valence-electron chi connectivity index (χ2n) is 4.06. The Morgan fingerprint density at radius 3 is 2.30 bits per heavy atom. The highest BCUT2D eigenvalue weighted by molar-refractivity contribution is 6.40. The summed E-state index contributed by atoms with van der Waals surface area (Å²) in [6.07, 6.45) is 0.852. The third kappa shape index (κ3) is 5.21. The van der Waals surface area contributed by atoms with Gasteiger partial charge in [-0.05, 0) is 18.6 Å². The van der Waals surface area contributed by atoms with Crippen molar-refractivity contribution < 1.29 is 9.53 Å². The first-order valence-corrected chi connectivity index (χ1v) is 7.77. The normalized spacial score (nSPS) is 10.4. The van der Waals surface area contributed by atoms with Crippen molar-refractivity contribution in [3.05, 3.63) is 27.2 Å². The Balaban J connectivity index is 2.61. The van der Waals surface area contributed by atoms with Crippen molar-refractivity contribution in [1.82, 2.24) is 4.90 Å². The maximum Gasteiger partial charge on any atom is 0.237 e. The molecule has 3 nitrogen and oxygen atoms in total. The number of amides is 1. The van der Waals surface area contributed by atoms with Crippen LogP contribution < -0.4 is 4.74 Å². The third-order valence-corrected chi connectivity index (χ3v) is 3.54. The fourth-order valence-corrected chi connectivity index (χ4v) is 2.74. The van der Waals surface area contributed by atoms with E-state index in [0.717, 1.165) is 6.42 Å². The maximum atomic E-state index is 11.6. The van der Waals surface area contributed by atoms with Crippen LogP contribution in [-0.4, -0.2) is 36.4 Å². The summed E-state index contributed by atoms with van der Waals surface area (Å²) >= 11 is 23.4. The van der Waals surface area contributed by atoms with Gasteiger partial charge in [0.2, 0.25) is 5.91 Å². The van der Waals surface area contributed by atoms with Gasteiger partial charge in [0.05, 0.1) is 16.6 Å². The summed E-state index contributed by atoms with van der Waals surface area (Å²) < 4.78 is 5.53. The topological polar surface area (TPSA) is 29.5 Å². The van der Waals surface area contributed by atoms with Gasteiger partial charge < -0.3 is 9.64 Å². The van der Waals surface area contributed by atoms with Gasteiger partial charge in [0.15, 0.2) is 5.75 Å². The highest BCUT2D eigenvalue weighted by Crippen LogP contribution is 2.35. The first-order valence-electron chi connectivity index (χ1n) is 6.10. The summed E-state index contributed by atoms with van der Waals surface area (Å²) in [7, 11) is 0. The lowest BCUT2D eigenvalue weighted by molar-refractivity contribution is -0.128. The first kappa shape index (κ1) is 17.7. The minimum atomic E-state index is -0.120. The highest BCUT2D eigenvalue weighted by Gasteiger charge is 2.13. The molecule has 0 aliphatic carbocycles. The molecule has 0 N–H and O–H groups in total. The molecule has 0 saturated heterocycles. The quantitative estimate of drug-likeness (QED) is 0.671. The molecule has 0 aliphatic heterocycles. The van der Waals surface area contributed by atoms with Gasteiger partial charge in [0.25, 0.3) is 0 Å². The molecule has 0 bridgehead atoms. The summed E-state index contributed by atoms with van der Waals surface area (Å²) in [5.74, 6) is 0.209. The van der Waals surface area contributed by atoms with Crippen LogP contribution in [0, 0.1) is 0 Å². The zero-order valence-corrected chi connectivity index (χ0v) is 14.0. The second-order valence-corrected chi connectivity index (χ2v) is 5.58. The lowest BCUT2D eigenvalue weighted by atomic mass is 10.3. The van der Waals surface area contributed by atoms with Crippen LogP contribution in [0.25, 0.3) is 0 Å². The van der Waals surface area contributed by atoms with Crippen LogP contribution in [0.5, 0.6) is 5.75 Å². The lowest BCUT2D eigenvalue weighted by Gasteiger charge is -2.21. The van der Waals surface area contributed by atoms with E-state index in [1.54, 1.807) is 17.0 Å². The maximum absolute atomic E-state index is 11.6. The predicted molar refractivity (Wildman–Crippen MR) is 84.6 cm³/mol. The third-order valence-electron chi connectivity index (χ3n) is 2.53. The van der Waals surface area contributed by atoms with Crippen molar-refractivity contribution >= 4 is 52.3 Å². The standard InChI is InChI=1S/C13H15Cl4NO2/c1-2-3-18(12(19)8-14)4-5-20-13-10(16)6-9(15)7-11(13)17/h6-7H,2-5,8H2,1H3. The molecular weight excluding hydrogens is 344 g/mol. The van der Waals surface area contributed by atoms with Crippen LogP contribution in [0.1, 0.15) is 13.3 Å². The number of carbonyl (C=O) groups is 1. The molecule has 0 saturated carbocycles. The van der Waals surface area contributed by atoms with Crippen molar-refractivity contribution in [2.75, 3.05) is 25.6 Å². The number of hydrogen-bond acceptors (Lipinski definition) is 2. The molecule has 0 unspecified atom stereocenters. The van der Waals surface area contributed by atoms with Crippen molar-refractivity contribution in [3.8, 4) is 5.75 Å². The number of benzene rings is 1. The molecule has 0 radical (unpaired) electrons. The van der Waals surface area contributed by atoms with E-state index < -0.39 is 0 Å². The number of rotatable bonds is 7. The van der Waals surface area contributed by atoms with Crippen molar-refractivity contribution in [2.45, 2.75) is 13.3 Å². The van der Waals surface area contributed by atoms with E-state index in [0.29, 0.717) is 33.9 Å². The number of hydrogen-bond donors (Lipinski definition) is 0. The first-order chi connectivity index (χ1) is 9.49. The van der Waals surface area contributed by atoms with Gasteiger partial charge in [0.1, 0.15) is 12.5 Å². The van der Waals surface area contributed by atoms with Gasteiger partial charge in [-0.2, -0.15) is 0 Å². The number of nitrogens with zero attached hydrogens (tertiary/aromatic N) is 1. The fraction of sp³-hybridized carbons (Fsp3) is 0.462. The fourth-order valence-electron chi connectivity index (χ4n) is 1.64. The Hall–Kier alpha value is -0.350. The average molecular weight is 359 g/mol. The molecular formula is C13H15Cl4NO2. The molecule has 1 aromatic rings. The summed E-state index contributed by atoms with van der Waals surface area (Å²) in [5.41, 5.74) is 0. The summed E-state index contributed by atoms with van der Waals surface area (Å²) in [5, 5.41) is 1.12. The largest absolute Gasteiger partial charge is 0.489 e. The average Bonchev–Trinajstić information content (AvgIpc) is 2.39. The number of carbonyl (C=O) groups excluding carboxylic acids is 1. The summed E-state index contributed by atoms with van der Waals surface area (Å²) in [6.45, 7) is 3.33. The lowest BCUT2D eigenvalue weighted by Crippen LogP contribution is -2.36. The van der Waals surface area contributed by atoms with E-state index in [-0.39, 0.29) is 18.4 Å².